The number of likely N-dealkylation sites (tertiary alicyclic amines) is 1. The van der Waals surface area contributed by atoms with E-state index >= 15 is 0 Å². The Labute approximate surface area is 156 Å². The molecule has 142 valence electrons. The molecule has 0 spiro atoms. The van der Waals surface area contributed by atoms with Crippen LogP contribution in [0.5, 0.6) is 11.5 Å². The van der Waals surface area contributed by atoms with Crippen molar-refractivity contribution < 1.29 is 14.6 Å². The van der Waals surface area contributed by atoms with E-state index in [2.05, 4.69) is 21.9 Å². The summed E-state index contributed by atoms with van der Waals surface area (Å²) >= 11 is 1.66. The van der Waals surface area contributed by atoms with Gasteiger partial charge in [-0.15, -0.1) is 11.8 Å². The van der Waals surface area contributed by atoms with Crippen molar-refractivity contribution in [2.24, 2.45) is 0 Å². The molecule has 2 rings (SSSR count). The maximum atomic E-state index is 10.8. The molecule has 1 unspecified atom stereocenters. The highest BCUT2D eigenvalue weighted by atomic mass is 32.2. The van der Waals surface area contributed by atoms with Gasteiger partial charge in [0.2, 0.25) is 0 Å². The Morgan fingerprint density at radius 1 is 1.16 bits per heavy atom. The Kier molecular flexibility index (Phi) is 7.43. The van der Waals surface area contributed by atoms with Gasteiger partial charge in [0.05, 0.1) is 24.7 Å². The summed E-state index contributed by atoms with van der Waals surface area (Å²) in [6.45, 7) is 3.41. The minimum Gasteiger partial charge on any atom is -0.496 e. The van der Waals surface area contributed by atoms with Crippen molar-refractivity contribution in [3.8, 4) is 11.5 Å². The van der Waals surface area contributed by atoms with Crippen LogP contribution in [0.15, 0.2) is 17.0 Å². The van der Waals surface area contributed by atoms with Gasteiger partial charge >= 0.3 is 0 Å². The third-order valence-electron chi connectivity index (χ3n) is 4.80. The van der Waals surface area contributed by atoms with Gasteiger partial charge < -0.3 is 19.5 Å². The van der Waals surface area contributed by atoms with Gasteiger partial charge in [-0.25, -0.2) is 0 Å². The average Bonchev–Trinajstić information content (AvgIpc) is 2.75. The highest BCUT2D eigenvalue weighted by Crippen LogP contribution is 2.35. The molecule has 1 aliphatic heterocycles. The van der Waals surface area contributed by atoms with Crippen molar-refractivity contribution in [3.05, 3.63) is 17.7 Å². The summed E-state index contributed by atoms with van der Waals surface area (Å²) in [5.74, 6) is 1.79. The van der Waals surface area contributed by atoms with E-state index in [9.17, 15) is 5.11 Å². The van der Waals surface area contributed by atoms with Gasteiger partial charge in [-0.05, 0) is 58.3 Å². The highest BCUT2D eigenvalue weighted by Gasteiger charge is 2.30. The van der Waals surface area contributed by atoms with Gasteiger partial charge in [0.15, 0.2) is 0 Å². The third-order valence-corrected chi connectivity index (χ3v) is 5.56. The highest BCUT2D eigenvalue weighted by molar-refractivity contribution is 7.98. The second kappa shape index (κ2) is 9.12. The number of benzene rings is 1. The lowest BCUT2D eigenvalue weighted by Gasteiger charge is -2.30. The topological polar surface area (TPSA) is 45.2 Å². The van der Waals surface area contributed by atoms with Crippen LogP contribution in [-0.4, -0.2) is 74.7 Å². The molecule has 1 aliphatic rings. The van der Waals surface area contributed by atoms with Crippen molar-refractivity contribution in [1.82, 2.24) is 9.80 Å². The van der Waals surface area contributed by atoms with Crippen LogP contribution in [0.4, 0.5) is 0 Å². The maximum Gasteiger partial charge on any atom is 0.132 e. The molecule has 1 saturated heterocycles. The van der Waals surface area contributed by atoms with Gasteiger partial charge in [0, 0.05) is 25.2 Å². The molecular formula is C19H32N2O3S. The molecule has 1 fully saturated rings. The van der Waals surface area contributed by atoms with E-state index in [1.165, 1.54) is 0 Å². The SMILES string of the molecule is COc1cc(SC)c(OC)cc1CN1CCCC(O)(CN(C)C)CC1. The molecule has 0 aliphatic carbocycles. The molecule has 1 heterocycles. The summed E-state index contributed by atoms with van der Waals surface area (Å²) in [4.78, 5) is 5.56. The minimum atomic E-state index is -0.581. The van der Waals surface area contributed by atoms with Gasteiger partial charge in [0.1, 0.15) is 11.5 Å². The second-order valence-electron chi connectivity index (χ2n) is 7.11. The molecule has 0 aromatic heterocycles. The van der Waals surface area contributed by atoms with Crippen LogP contribution >= 0.6 is 11.8 Å². The van der Waals surface area contributed by atoms with Crippen molar-refractivity contribution in [2.45, 2.75) is 36.3 Å². The number of aliphatic hydroxyl groups is 1. The molecule has 6 heteroatoms. The van der Waals surface area contributed by atoms with Crippen LogP contribution in [0, 0.1) is 0 Å². The van der Waals surface area contributed by atoms with E-state index in [-0.39, 0.29) is 0 Å². The van der Waals surface area contributed by atoms with Gasteiger partial charge in [-0.3, -0.25) is 4.90 Å². The van der Waals surface area contributed by atoms with Crippen molar-refractivity contribution in [1.29, 1.82) is 0 Å². The quantitative estimate of drug-likeness (QED) is 0.747. The second-order valence-corrected chi connectivity index (χ2v) is 7.96. The standard InChI is InChI=1S/C19H32N2O3S/c1-20(2)14-19(22)7-6-9-21(10-8-19)13-15-11-17(24-4)18(25-5)12-16(15)23-3/h11-12,22H,6-10,13-14H2,1-5H3. The van der Waals surface area contributed by atoms with Crippen LogP contribution in [0.3, 0.4) is 0 Å². The lowest BCUT2D eigenvalue weighted by atomic mass is 9.94. The van der Waals surface area contributed by atoms with Crippen LogP contribution in [0.25, 0.3) is 0 Å². The Morgan fingerprint density at radius 3 is 2.48 bits per heavy atom. The molecule has 1 aromatic carbocycles. The molecule has 0 bridgehead atoms. The predicted octanol–water partition coefficient (Wildman–Crippen LogP) is 2.70. The first-order chi connectivity index (χ1) is 11.9. The monoisotopic (exact) mass is 368 g/mol. The zero-order valence-corrected chi connectivity index (χ0v) is 17.0. The molecule has 25 heavy (non-hydrogen) atoms. The average molecular weight is 369 g/mol. The largest absolute Gasteiger partial charge is 0.496 e. The number of methoxy groups -OCH3 is 2. The maximum absolute atomic E-state index is 10.8. The van der Waals surface area contributed by atoms with Crippen molar-refractivity contribution in [3.63, 3.8) is 0 Å². The molecule has 1 N–H and O–H groups in total. The smallest absolute Gasteiger partial charge is 0.132 e. The summed E-state index contributed by atoms with van der Waals surface area (Å²) < 4.78 is 11.1. The number of ether oxygens (including phenoxy) is 2. The molecule has 0 amide bonds. The fourth-order valence-electron chi connectivity index (χ4n) is 3.60. The summed E-state index contributed by atoms with van der Waals surface area (Å²) in [7, 11) is 7.46. The van der Waals surface area contributed by atoms with E-state index in [1.54, 1.807) is 26.0 Å². The van der Waals surface area contributed by atoms with Gasteiger partial charge in [-0.1, -0.05) is 0 Å². The lowest BCUT2D eigenvalue weighted by molar-refractivity contribution is 0.00257. The molecule has 1 aromatic rings. The van der Waals surface area contributed by atoms with E-state index in [1.807, 2.05) is 20.4 Å². The van der Waals surface area contributed by atoms with E-state index in [4.69, 9.17) is 9.47 Å². The number of hydrogen-bond donors (Lipinski definition) is 1. The zero-order chi connectivity index (χ0) is 18.4. The Hall–Kier alpha value is -0.950. The Balaban J connectivity index is 2.11. The molecule has 1 atom stereocenters. The number of thioether (sulfide) groups is 1. The number of rotatable bonds is 7. The summed E-state index contributed by atoms with van der Waals surface area (Å²) in [5.41, 5.74) is 0.554. The van der Waals surface area contributed by atoms with Crippen LogP contribution < -0.4 is 9.47 Å². The van der Waals surface area contributed by atoms with E-state index < -0.39 is 5.60 Å². The van der Waals surface area contributed by atoms with Crippen LogP contribution in [0.1, 0.15) is 24.8 Å². The predicted molar refractivity (Wildman–Crippen MR) is 104 cm³/mol. The first-order valence-electron chi connectivity index (χ1n) is 8.79. The normalized spacial score (nSPS) is 22.0. The molecule has 5 nitrogen and oxygen atoms in total. The van der Waals surface area contributed by atoms with Crippen LogP contribution in [0.2, 0.25) is 0 Å². The lowest BCUT2D eigenvalue weighted by Crippen LogP contribution is -2.40. The van der Waals surface area contributed by atoms with Crippen LogP contribution in [-0.2, 0) is 6.54 Å². The number of nitrogens with zero attached hydrogens (tertiary/aromatic N) is 2. The number of likely N-dealkylation sites (N-methyl/N-ethyl adjacent to an activating group) is 1. The summed E-state index contributed by atoms with van der Waals surface area (Å²) in [6, 6.07) is 4.14. The summed E-state index contributed by atoms with van der Waals surface area (Å²) in [5, 5.41) is 10.8. The molecule has 0 saturated carbocycles. The fraction of sp³-hybridized carbons (Fsp3) is 0.684. The van der Waals surface area contributed by atoms with E-state index in [0.29, 0.717) is 0 Å². The minimum absolute atomic E-state index is 0.581. The Bertz CT molecular complexity index is 568. The van der Waals surface area contributed by atoms with Gasteiger partial charge in [-0.2, -0.15) is 0 Å². The first-order valence-corrected chi connectivity index (χ1v) is 10.0. The van der Waals surface area contributed by atoms with Gasteiger partial charge in [0.25, 0.3) is 0 Å². The first kappa shape index (κ1) is 20.4. The van der Waals surface area contributed by atoms with Crippen molar-refractivity contribution >= 4 is 11.8 Å². The Morgan fingerprint density at radius 2 is 1.88 bits per heavy atom. The zero-order valence-electron chi connectivity index (χ0n) is 16.2. The third kappa shape index (κ3) is 5.51. The van der Waals surface area contributed by atoms with E-state index in [0.717, 1.165) is 67.4 Å². The number of hydrogen-bond acceptors (Lipinski definition) is 6. The summed E-state index contributed by atoms with van der Waals surface area (Å²) in [6.07, 6.45) is 4.70. The molecular weight excluding hydrogens is 336 g/mol. The van der Waals surface area contributed by atoms with Crippen molar-refractivity contribution in [2.75, 3.05) is 54.2 Å². The molecule has 0 radical (unpaired) electrons. The fourth-order valence-corrected chi connectivity index (χ4v) is 4.16.